The molecule has 0 aromatic rings. The molecular formula is C17H28O. The van der Waals surface area contributed by atoms with Crippen molar-refractivity contribution < 1.29 is 4.74 Å². The van der Waals surface area contributed by atoms with Crippen LogP contribution < -0.4 is 0 Å². The number of ether oxygens (including phenoxy) is 1. The summed E-state index contributed by atoms with van der Waals surface area (Å²) in [6.45, 7) is 3.37. The Morgan fingerprint density at radius 3 is 2.39 bits per heavy atom. The monoisotopic (exact) mass is 248 g/mol. The van der Waals surface area contributed by atoms with E-state index in [1.54, 1.807) is 25.7 Å². The first-order valence-electron chi connectivity index (χ1n) is 8.44. The molecule has 0 radical (unpaired) electrons. The standard InChI is InChI=1S/C17H28O/c1-11-9-17-13(10-18-11)6-8-15-14-4-2-3-12(14)5-7-16(15)17/h11-17H,2-10H2,1H3. The molecule has 3 aliphatic carbocycles. The predicted molar refractivity (Wildman–Crippen MR) is 73.3 cm³/mol. The van der Waals surface area contributed by atoms with Gasteiger partial charge in [0.15, 0.2) is 0 Å². The van der Waals surface area contributed by atoms with Crippen LogP contribution in [0.25, 0.3) is 0 Å². The maximum Gasteiger partial charge on any atom is 0.0550 e. The quantitative estimate of drug-likeness (QED) is 0.622. The molecule has 3 saturated carbocycles. The van der Waals surface area contributed by atoms with Crippen LogP contribution in [0.15, 0.2) is 0 Å². The van der Waals surface area contributed by atoms with Gasteiger partial charge in [-0.2, -0.15) is 0 Å². The van der Waals surface area contributed by atoms with Crippen LogP contribution in [0.5, 0.6) is 0 Å². The highest BCUT2D eigenvalue weighted by atomic mass is 16.5. The van der Waals surface area contributed by atoms with Crippen LogP contribution in [0, 0.1) is 35.5 Å². The fourth-order valence-corrected chi connectivity index (χ4v) is 6.17. The normalized spacial score (nSPS) is 55.5. The summed E-state index contributed by atoms with van der Waals surface area (Å²) in [4.78, 5) is 0. The summed E-state index contributed by atoms with van der Waals surface area (Å²) in [6, 6.07) is 0. The van der Waals surface area contributed by atoms with E-state index in [2.05, 4.69) is 6.92 Å². The van der Waals surface area contributed by atoms with Gasteiger partial charge < -0.3 is 4.74 Å². The maximum atomic E-state index is 5.91. The first kappa shape index (κ1) is 11.8. The van der Waals surface area contributed by atoms with Gasteiger partial charge in [0.05, 0.1) is 12.7 Å². The largest absolute Gasteiger partial charge is 0.378 e. The molecule has 1 heterocycles. The van der Waals surface area contributed by atoms with Crippen molar-refractivity contribution in [2.45, 2.75) is 64.4 Å². The summed E-state index contributed by atoms with van der Waals surface area (Å²) in [7, 11) is 0. The predicted octanol–water partition coefficient (Wildman–Crippen LogP) is 4.26. The van der Waals surface area contributed by atoms with Crippen molar-refractivity contribution >= 4 is 0 Å². The van der Waals surface area contributed by atoms with Crippen LogP contribution >= 0.6 is 0 Å². The van der Waals surface area contributed by atoms with E-state index in [0.717, 1.165) is 42.1 Å². The van der Waals surface area contributed by atoms with Gasteiger partial charge in [0.2, 0.25) is 0 Å². The first-order chi connectivity index (χ1) is 8.83. The molecule has 4 aliphatic rings. The van der Waals surface area contributed by atoms with Gasteiger partial charge in [-0.25, -0.2) is 0 Å². The van der Waals surface area contributed by atoms with Gasteiger partial charge >= 0.3 is 0 Å². The van der Waals surface area contributed by atoms with Crippen LogP contribution in [-0.2, 0) is 4.74 Å². The molecule has 0 aromatic carbocycles. The fraction of sp³-hybridized carbons (Fsp3) is 1.00. The van der Waals surface area contributed by atoms with Crippen LogP contribution in [0.2, 0.25) is 0 Å². The van der Waals surface area contributed by atoms with Crippen LogP contribution in [0.1, 0.15) is 58.3 Å². The topological polar surface area (TPSA) is 9.23 Å². The lowest BCUT2D eigenvalue weighted by Crippen LogP contribution is -2.47. The van der Waals surface area contributed by atoms with E-state index in [1.807, 2.05) is 0 Å². The molecule has 4 fully saturated rings. The van der Waals surface area contributed by atoms with E-state index in [9.17, 15) is 0 Å². The van der Waals surface area contributed by atoms with Crippen molar-refractivity contribution in [2.24, 2.45) is 35.5 Å². The lowest BCUT2D eigenvalue weighted by atomic mass is 9.55. The molecule has 0 bridgehead atoms. The summed E-state index contributed by atoms with van der Waals surface area (Å²) in [6.07, 6.45) is 12.7. The Kier molecular flexibility index (Phi) is 2.94. The van der Waals surface area contributed by atoms with Crippen LogP contribution in [0.4, 0.5) is 0 Å². The highest BCUT2D eigenvalue weighted by molar-refractivity contribution is 4.98. The minimum Gasteiger partial charge on any atom is -0.378 e. The van der Waals surface area contributed by atoms with Crippen molar-refractivity contribution in [1.29, 1.82) is 0 Å². The lowest BCUT2D eigenvalue weighted by Gasteiger charge is -2.52. The van der Waals surface area contributed by atoms with Crippen molar-refractivity contribution in [2.75, 3.05) is 6.61 Å². The minimum absolute atomic E-state index is 0.534. The zero-order valence-electron chi connectivity index (χ0n) is 11.8. The molecule has 0 amide bonds. The van der Waals surface area contributed by atoms with Gasteiger partial charge in [0.1, 0.15) is 0 Å². The fourth-order valence-electron chi connectivity index (χ4n) is 6.17. The Bertz CT molecular complexity index is 311. The number of fused-ring (bicyclic) bond motifs is 5. The molecule has 1 nitrogen and oxygen atoms in total. The van der Waals surface area contributed by atoms with Crippen molar-refractivity contribution in [3.05, 3.63) is 0 Å². The van der Waals surface area contributed by atoms with E-state index in [0.29, 0.717) is 6.10 Å². The van der Waals surface area contributed by atoms with Crippen molar-refractivity contribution in [3.63, 3.8) is 0 Å². The molecule has 1 saturated heterocycles. The SMILES string of the molecule is CC1CC2C(CCC3C4CCCC4CCC23)CO1. The summed E-state index contributed by atoms with van der Waals surface area (Å²) >= 11 is 0. The average Bonchev–Trinajstić information content (AvgIpc) is 2.86. The zero-order chi connectivity index (χ0) is 12.1. The van der Waals surface area contributed by atoms with E-state index >= 15 is 0 Å². The summed E-state index contributed by atoms with van der Waals surface area (Å²) < 4.78 is 5.91. The summed E-state index contributed by atoms with van der Waals surface area (Å²) in [5.74, 6) is 6.38. The number of hydrogen-bond acceptors (Lipinski definition) is 1. The van der Waals surface area contributed by atoms with Gasteiger partial charge in [-0.3, -0.25) is 0 Å². The van der Waals surface area contributed by atoms with Crippen molar-refractivity contribution in [1.82, 2.24) is 0 Å². The molecule has 0 N–H and O–H groups in total. The minimum atomic E-state index is 0.534. The third-order valence-corrected chi connectivity index (χ3v) is 6.91. The van der Waals surface area contributed by atoms with Crippen LogP contribution in [-0.4, -0.2) is 12.7 Å². The molecule has 0 aromatic heterocycles. The maximum absolute atomic E-state index is 5.91. The Hall–Kier alpha value is -0.0400. The average molecular weight is 248 g/mol. The lowest BCUT2D eigenvalue weighted by molar-refractivity contribution is -0.103. The van der Waals surface area contributed by atoms with Gasteiger partial charge in [-0.05, 0) is 81.0 Å². The highest BCUT2D eigenvalue weighted by Crippen LogP contribution is 2.56. The Morgan fingerprint density at radius 2 is 1.50 bits per heavy atom. The molecule has 18 heavy (non-hydrogen) atoms. The first-order valence-corrected chi connectivity index (χ1v) is 8.44. The van der Waals surface area contributed by atoms with E-state index in [1.165, 1.54) is 25.7 Å². The molecule has 7 atom stereocenters. The molecule has 0 spiro atoms. The molecule has 4 rings (SSSR count). The Morgan fingerprint density at radius 1 is 0.722 bits per heavy atom. The van der Waals surface area contributed by atoms with E-state index < -0.39 is 0 Å². The Labute approximate surface area is 112 Å². The zero-order valence-corrected chi connectivity index (χ0v) is 11.8. The van der Waals surface area contributed by atoms with Crippen LogP contribution in [0.3, 0.4) is 0 Å². The van der Waals surface area contributed by atoms with Gasteiger partial charge in [0.25, 0.3) is 0 Å². The molecule has 102 valence electrons. The van der Waals surface area contributed by atoms with Gasteiger partial charge in [-0.1, -0.05) is 12.8 Å². The molecule has 1 heteroatoms. The second kappa shape index (κ2) is 4.51. The number of rotatable bonds is 0. The van der Waals surface area contributed by atoms with Gasteiger partial charge in [-0.15, -0.1) is 0 Å². The highest BCUT2D eigenvalue weighted by Gasteiger charge is 2.49. The number of hydrogen-bond donors (Lipinski definition) is 0. The smallest absolute Gasteiger partial charge is 0.0550 e. The second-order valence-corrected chi connectivity index (χ2v) is 7.64. The summed E-state index contributed by atoms with van der Waals surface area (Å²) in [5, 5.41) is 0. The summed E-state index contributed by atoms with van der Waals surface area (Å²) in [5.41, 5.74) is 0. The third kappa shape index (κ3) is 1.77. The molecule has 7 unspecified atom stereocenters. The van der Waals surface area contributed by atoms with E-state index in [4.69, 9.17) is 4.74 Å². The molecule has 1 aliphatic heterocycles. The Balaban J connectivity index is 1.55. The third-order valence-electron chi connectivity index (χ3n) is 6.91. The van der Waals surface area contributed by atoms with Gasteiger partial charge in [0, 0.05) is 0 Å². The molecular weight excluding hydrogens is 220 g/mol. The van der Waals surface area contributed by atoms with E-state index in [-0.39, 0.29) is 0 Å². The van der Waals surface area contributed by atoms with Crippen molar-refractivity contribution in [3.8, 4) is 0 Å². The second-order valence-electron chi connectivity index (χ2n) is 7.64.